The molecule has 0 bridgehead atoms. The molecule has 0 radical (unpaired) electrons. The molecular weight excluding hydrogens is 1860 g/mol. The highest BCUT2D eigenvalue weighted by atomic mass is 16.7. The number of unbranched alkanes of at least 4 members (excludes halogenated alkanes) is 15. The summed E-state index contributed by atoms with van der Waals surface area (Å²) in [7, 11) is 0. The topological polar surface area (TPSA) is 286 Å². The second-order valence-corrected chi connectivity index (χ2v) is 56.9. The molecule has 0 aromatic carbocycles. The summed E-state index contributed by atoms with van der Waals surface area (Å²) in [5, 5.41) is 57.3. The van der Waals surface area contributed by atoms with E-state index >= 15 is 19.2 Å². The van der Waals surface area contributed by atoms with E-state index in [0.717, 1.165) is 83.5 Å². The average molecular weight is 2090 g/mol. The number of rotatable bonds is 58. The highest BCUT2D eigenvalue weighted by Crippen LogP contribution is 2.51. The van der Waals surface area contributed by atoms with Crippen molar-refractivity contribution in [2.45, 2.75) is 649 Å². The smallest absolute Gasteiger partial charge is 0.310 e. The molecule has 4 N–H and O–H groups in total. The maximum absolute atomic E-state index is 16.4. The summed E-state index contributed by atoms with van der Waals surface area (Å²) in [6.45, 7) is 81.7. The minimum absolute atomic E-state index is 0.106. The van der Waals surface area contributed by atoms with E-state index in [4.69, 9.17) is 57.2 Å². The van der Waals surface area contributed by atoms with E-state index in [1.54, 1.807) is 0 Å². The third-order valence-corrected chi connectivity index (χ3v) is 34.2. The van der Waals surface area contributed by atoms with E-state index < -0.39 is 142 Å². The van der Waals surface area contributed by atoms with Crippen LogP contribution in [0.5, 0.6) is 0 Å². The molecular formula is C119H224N8O20. The molecule has 860 valence electrons. The number of piperidine rings is 8. The van der Waals surface area contributed by atoms with Gasteiger partial charge >= 0.3 is 23.9 Å². The van der Waals surface area contributed by atoms with Crippen LogP contribution < -0.4 is 0 Å². The van der Waals surface area contributed by atoms with Crippen LogP contribution in [0, 0.1) is 11.8 Å². The molecule has 0 aromatic rings. The van der Waals surface area contributed by atoms with Gasteiger partial charge in [0.1, 0.15) is 24.4 Å². The van der Waals surface area contributed by atoms with Crippen LogP contribution in [-0.2, 0) is 76.4 Å². The summed E-state index contributed by atoms with van der Waals surface area (Å²) < 4.78 is 54.1. The fourth-order valence-corrected chi connectivity index (χ4v) is 29.2. The number of ether oxygens (including phenoxy) is 8. The van der Waals surface area contributed by atoms with Crippen LogP contribution in [0.3, 0.4) is 0 Å². The molecule has 28 heteroatoms. The van der Waals surface area contributed by atoms with Crippen molar-refractivity contribution in [3.05, 3.63) is 0 Å². The van der Waals surface area contributed by atoms with Gasteiger partial charge in [0.2, 0.25) is 0 Å². The fourth-order valence-electron chi connectivity index (χ4n) is 29.2. The number of aliphatic hydroxyl groups excluding tert-OH is 4. The van der Waals surface area contributed by atoms with Crippen LogP contribution in [0.25, 0.3) is 0 Å². The first-order valence-corrected chi connectivity index (χ1v) is 58.7. The Bertz CT molecular complexity index is 3690. The molecule has 6 unspecified atom stereocenters. The molecule has 8 heterocycles. The maximum atomic E-state index is 16.4. The van der Waals surface area contributed by atoms with Crippen molar-refractivity contribution >= 4 is 23.9 Å². The highest BCUT2D eigenvalue weighted by molar-refractivity contribution is 5.89. The van der Waals surface area contributed by atoms with Gasteiger partial charge in [-0.15, -0.1) is 0 Å². The van der Waals surface area contributed by atoms with Crippen LogP contribution in [0.2, 0.25) is 0 Å². The lowest BCUT2D eigenvalue weighted by molar-refractivity contribution is -0.296. The quantitative estimate of drug-likeness (QED) is 0.0250. The lowest BCUT2D eigenvalue weighted by Gasteiger charge is -2.56. The summed E-state index contributed by atoms with van der Waals surface area (Å²) in [5.74, 6) is -6.50. The van der Waals surface area contributed by atoms with Crippen molar-refractivity contribution in [2.75, 3.05) is 79.0 Å². The molecule has 147 heavy (non-hydrogen) atoms. The first-order chi connectivity index (χ1) is 67.8. The average Bonchev–Trinajstić information content (AvgIpc) is 0.766. The van der Waals surface area contributed by atoms with E-state index in [9.17, 15) is 20.4 Å². The number of aliphatic hydroxyl groups is 4. The zero-order valence-corrected chi connectivity index (χ0v) is 101. The van der Waals surface area contributed by atoms with E-state index in [1.165, 1.54) is 77.0 Å². The molecule has 8 aliphatic rings. The standard InChI is InChI=1S/C119H224N8O20/c1-37-41-44-47-50-53-57-141-125-114(25,26)64-91(65-115(125,27)28)137-82-86(128)78-120-104(5,6)70-94(71-105(120,7)8)144-100(132)60-98(102(134)146-96-74-108(13,14)122(109(15,16)75-96)80-88(130)84-136-90-62-112(21,22)124(140-56-40-4)113(23,24)63-90)99(103(135)147-97-76-110(17,18)123(111(19,20)77-97)81-89(131)85-139-93-68-118(33,34)127(119(35,36)69-93)143-59-55-52-49-46-43-39-3)61-101(133)145-95-72-106(9,10)121(107(11,12)73-95)79-87(129)83-138-92-66-116(29,30)126(117(31,32)67-92)142-58-54-51-48-45-42-38-2/h86-99,128-131H,37-85H2,1-36H3. The largest absolute Gasteiger partial charge is 0.462 e. The molecule has 28 nitrogen and oxygen atoms in total. The van der Waals surface area contributed by atoms with Gasteiger partial charge in [0.05, 0.1) is 126 Å². The number of carbonyl (C=O) groups excluding carboxylic acids is 4. The zero-order valence-electron chi connectivity index (χ0n) is 101. The number of carbonyl (C=O) groups is 4. The van der Waals surface area contributed by atoms with E-state index in [2.05, 4.69) is 289 Å². The summed E-state index contributed by atoms with van der Waals surface area (Å²) in [4.78, 5) is 99.6. The number of hydrogen-bond donors (Lipinski definition) is 4. The van der Waals surface area contributed by atoms with Crippen LogP contribution in [-0.4, -0.2) is 325 Å². The molecule has 8 rings (SSSR count). The van der Waals surface area contributed by atoms with E-state index in [-0.39, 0.29) is 121 Å². The Morgan fingerprint density at radius 1 is 0.224 bits per heavy atom. The van der Waals surface area contributed by atoms with E-state index in [0.29, 0.717) is 90.6 Å². The Hall–Kier alpha value is -2.92. The van der Waals surface area contributed by atoms with Gasteiger partial charge in [0, 0.05) is 166 Å². The minimum atomic E-state index is -1.64. The molecule has 0 saturated carbocycles. The summed E-state index contributed by atoms with van der Waals surface area (Å²) >= 11 is 0. The molecule has 0 aromatic heterocycles. The Labute approximate surface area is 895 Å². The first-order valence-electron chi connectivity index (χ1n) is 58.7. The van der Waals surface area contributed by atoms with Crippen LogP contribution in [0.15, 0.2) is 0 Å². The normalized spacial score (nSPS) is 26.1. The molecule has 8 fully saturated rings. The summed E-state index contributed by atoms with van der Waals surface area (Å²) in [6.07, 6.45) is 22.5. The predicted octanol–water partition coefficient (Wildman–Crippen LogP) is 22.1. The second kappa shape index (κ2) is 53.6. The van der Waals surface area contributed by atoms with Gasteiger partial charge in [-0.25, -0.2) is 0 Å². The number of β-amino-alcohol motifs (C(OH)–C–C–N with tert-alkyl or cyclic N) is 4. The SMILES string of the molecule is CCCCCCCCON1C(C)(C)CC(OCC(O)CN2C(C)(C)CC(OC(=O)CC(C(=O)OC3CC(C)(C)N(CC(O)COC4CC(C)(C)N(OCCC)C(C)(C)C4)C(C)(C)C3)C(CC(=O)OC3CC(C)(C)N(CC(O)COC4CC(C)(C)N(OCCCCCCCC)C(C)(C)C4)C(C)(C)C3)C(=O)OC3CC(C)(C)N(CC(O)COC4CC(C)(C)N(OCCCCCCCC)C(C)(C)C4)C(C)(C)C3)CC2(C)C)CC1(C)C. The van der Waals surface area contributed by atoms with Gasteiger partial charge in [-0.05, 0) is 299 Å². The van der Waals surface area contributed by atoms with Crippen LogP contribution >= 0.6 is 0 Å². The Balaban J connectivity index is 1.06. The van der Waals surface area contributed by atoms with E-state index in [1.807, 2.05) is 0 Å². The zero-order chi connectivity index (χ0) is 110. The molecule has 0 aliphatic carbocycles. The number of hydroxylamine groups is 8. The number of likely N-dealkylation sites (tertiary alicyclic amines) is 4. The van der Waals surface area contributed by atoms with Crippen molar-refractivity contribution in [1.82, 2.24) is 39.9 Å². The van der Waals surface area contributed by atoms with Crippen molar-refractivity contribution < 1.29 is 96.8 Å². The van der Waals surface area contributed by atoms with Crippen molar-refractivity contribution in [3.63, 3.8) is 0 Å². The van der Waals surface area contributed by atoms with Crippen LogP contribution in [0.1, 0.15) is 487 Å². The number of hydrogen-bond acceptors (Lipinski definition) is 28. The van der Waals surface area contributed by atoms with Gasteiger partial charge in [0.15, 0.2) is 0 Å². The van der Waals surface area contributed by atoms with Gasteiger partial charge in [0.25, 0.3) is 0 Å². The number of esters is 4. The Morgan fingerprint density at radius 2 is 0.395 bits per heavy atom. The fraction of sp³-hybridized carbons (Fsp3) is 0.966. The molecule has 8 saturated heterocycles. The summed E-state index contributed by atoms with van der Waals surface area (Å²) in [6, 6.07) is 0. The predicted molar refractivity (Wildman–Crippen MR) is 586 cm³/mol. The first kappa shape index (κ1) is 129. The minimum Gasteiger partial charge on any atom is -0.462 e. The van der Waals surface area contributed by atoms with Crippen LogP contribution in [0.4, 0.5) is 0 Å². The van der Waals surface area contributed by atoms with Gasteiger partial charge in [-0.1, -0.05) is 124 Å². The number of nitrogens with zero attached hydrogens (tertiary/aromatic N) is 8. The monoisotopic (exact) mass is 2090 g/mol. The van der Waals surface area contributed by atoms with Crippen molar-refractivity contribution in [2.24, 2.45) is 11.8 Å². The lowest BCUT2D eigenvalue weighted by Crippen LogP contribution is -2.64. The molecule has 0 amide bonds. The van der Waals surface area contributed by atoms with Crippen molar-refractivity contribution in [1.29, 1.82) is 0 Å². The lowest BCUT2D eigenvalue weighted by atomic mass is 9.77. The molecule has 0 spiro atoms. The maximum Gasteiger partial charge on any atom is 0.310 e. The second-order valence-electron chi connectivity index (χ2n) is 56.9. The molecule has 8 aliphatic heterocycles. The van der Waals surface area contributed by atoms with Gasteiger partial charge < -0.3 is 58.3 Å². The van der Waals surface area contributed by atoms with Crippen molar-refractivity contribution in [3.8, 4) is 0 Å². The Kier molecular flexibility index (Phi) is 47.1. The van der Waals surface area contributed by atoms with Gasteiger partial charge in [-0.2, -0.15) is 20.3 Å². The van der Waals surface area contributed by atoms with Gasteiger partial charge in [-0.3, -0.25) is 58.1 Å². The summed E-state index contributed by atoms with van der Waals surface area (Å²) in [5.41, 5.74) is -8.01. The highest BCUT2D eigenvalue weighted by Gasteiger charge is 2.58. The molecule has 6 atom stereocenters. The Morgan fingerprint density at radius 3 is 0.585 bits per heavy atom. The third-order valence-electron chi connectivity index (χ3n) is 34.2. The third kappa shape index (κ3) is 37.4.